The monoisotopic (exact) mass is 316 g/mol. The Kier molecular flexibility index (Phi) is 4.25. The first-order valence-corrected chi connectivity index (χ1v) is 6.62. The standard InChI is InChI=1S/C13H15F3N4O2/c1-7-9(12(21)22)10(17)8-6-18-20(11(8)19-7)5-3-2-4-13(14,15)16/h6H,2-5H2,1H3,(H2,17,19)(H,21,22). The number of carboxylic acids is 1. The number of hydrogen-bond acceptors (Lipinski definition) is 4. The number of aromatic nitrogens is 3. The lowest BCUT2D eigenvalue weighted by atomic mass is 10.1. The maximum atomic E-state index is 12.1. The minimum atomic E-state index is -4.16. The summed E-state index contributed by atoms with van der Waals surface area (Å²) in [6.07, 6.45) is -3.34. The minimum Gasteiger partial charge on any atom is -0.478 e. The van der Waals surface area contributed by atoms with Crippen LogP contribution in [0.3, 0.4) is 0 Å². The van der Waals surface area contributed by atoms with Crippen molar-refractivity contribution < 1.29 is 23.1 Å². The number of fused-ring (bicyclic) bond motifs is 1. The van der Waals surface area contributed by atoms with E-state index in [-0.39, 0.29) is 36.3 Å². The fourth-order valence-corrected chi connectivity index (χ4v) is 2.25. The molecule has 0 atom stereocenters. The van der Waals surface area contributed by atoms with Crippen LogP contribution in [0.4, 0.5) is 18.9 Å². The van der Waals surface area contributed by atoms with Crippen molar-refractivity contribution in [2.75, 3.05) is 5.73 Å². The van der Waals surface area contributed by atoms with Crippen molar-refractivity contribution in [3.8, 4) is 0 Å². The van der Waals surface area contributed by atoms with Gasteiger partial charge < -0.3 is 10.8 Å². The van der Waals surface area contributed by atoms with Gasteiger partial charge in [-0.05, 0) is 19.8 Å². The van der Waals surface area contributed by atoms with E-state index in [1.54, 1.807) is 0 Å². The van der Waals surface area contributed by atoms with Crippen molar-refractivity contribution in [3.63, 3.8) is 0 Å². The summed E-state index contributed by atoms with van der Waals surface area (Å²) in [6.45, 7) is 1.78. The first-order valence-electron chi connectivity index (χ1n) is 6.62. The summed E-state index contributed by atoms with van der Waals surface area (Å²) >= 11 is 0. The molecule has 0 aliphatic rings. The maximum Gasteiger partial charge on any atom is 0.389 e. The third-order valence-corrected chi connectivity index (χ3v) is 3.30. The molecule has 2 rings (SSSR count). The van der Waals surface area contributed by atoms with Crippen LogP contribution in [0.5, 0.6) is 0 Å². The summed E-state index contributed by atoms with van der Waals surface area (Å²) in [5.74, 6) is -1.18. The number of alkyl halides is 3. The predicted molar refractivity (Wildman–Crippen MR) is 73.5 cm³/mol. The highest BCUT2D eigenvalue weighted by Gasteiger charge is 2.26. The Balaban J connectivity index is 2.21. The molecule has 0 aromatic carbocycles. The number of nitrogen functional groups attached to an aromatic ring is 1. The Morgan fingerprint density at radius 3 is 2.68 bits per heavy atom. The fourth-order valence-electron chi connectivity index (χ4n) is 2.25. The lowest BCUT2D eigenvalue weighted by molar-refractivity contribution is -0.135. The lowest BCUT2D eigenvalue weighted by Crippen LogP contribution is -2.10. The molecule has 2 aromatic heterocycles. The van der Waals surface area contributed by atoms with E-state index in [9.17, 15) is 18.0 Å². The Bertz CT molecular complexity index is 709. The smallest absolute Gasteiger partial charge is 0.389 e. The van der Waals surface area contributed by atoms with Gasteiger partial charge >= 0.3 is 12.1 Å². The van der Waals surface area contributed by atoms with Gasteiger partial charge in [0.2, 0.25) is 0 Å². The third-order valence-electron chi connectivity index (χ3n) is 3.30. The van der Waals surface area contributed by atoms with E-state index in [4.69, 9.17) is 10.8 Å². The molecule has 3 N–H and O–H groups in total. The first kappa shape index (κ1) is 16.1. The molecule has 0 saturated carbocycles. The van der Waals surface area contributed by atoms with E-state index in [0.717, 1.165) is 0 Å². The molecule has 0 spiro atoms. The molecular formula is C13H15F3N4O2. The zero-order valence-electron chi connectivity index (χ0n) is 11.8. The van der Waals surface area contributed by atoms with E-state index in [1.165, 1.54) is 17.8 Å². The number of carboxylic acid groups (broad SMARTS) is 1. The van der Waals surface area contributed by atoms with Crippen LogP contribution in [0.25, 0.3) is 11.0 Å². The molecule has 120 valence electrons. The van der Waals surface area contributed by atoms with Crippen LogP contribution >= 0.6 is 0 Å². The van der Waals surface area contributed by atoms with Crippen LogP contribution in [0.1, 0.15) is 35.3 Å². The third kappa shape index (κ3) is 3.29. The minimum absolute atomic E-state index is 0.00741. The Hall–Kier alpha value is -2.32. The molecule has 0 radical (unpaired) electrons. The summed E-state index contributed by atoms with van der Waals surface area (Å²) in [5, 5.41) is 13.5. The van der Waals surface area contributed by atoms with Crippen molar-refractivity contribution >= 4 is 22.7 Å². The number of unbranched alkanes of at least 4 members (excludes halogenated alkanes) is 1. The quantitative estimate of drug-likeness (QED) is 0.827. The second-order valence-electron chi connectivity index (χ2n) is 4.97. The van der Waals surface area contributed by atoms with Crippen molar-refractivity contribution in [1.29, 1.82) is 0 Å². The summed E-state index contributed by atoms with van der Waals surface area (Å²) < 4.78 is 37.7. The van der Waals surface area contributed by atoms with Crippen LogP contribution in [0, 0.1) is 6.92 Å². The number of hydrogen-bond donors (Lipinski definition) is 2. The number of aromatic carboxylic acids is 1. The molecule has 6 nitrogen and oxygen atoms in total. The van der Waals surface area contributed by atoms with E-state index >= 15 is 0 Å². The Morgan fingerprint density at radius 1 is 1.41 bits per heavy atom. The Morgan fingerprint density at radius 2 is 2.09 bits per heavy atom. The lowest BCUT2D eigenvalue weighted by Gasteiger charge is -2.08. The molecule has 2 aromatic rings. The van der Waals surface area contributed by atoms with Crippen molar-refractivity contribution in [2.24, 2.45) is 0 Å². The molecule has 0 amide bonds. The number of aryl methyl sites for hydroxylation is 2. The van der Waals surface area contributed by atoms with Gasteiger partial charge in [0, 0.05) is 13.0 Å². The van der Waals surface area contributed by atoms with Gasteiger partial charge in [-0.1, -0.05) is 0 Å². The second kappa shape index (κ2) is 5.82. The molecule has 0 unspecified atom stereocenters. The second-order valence-corrected chi connectivity index (χ2v) is 4.97. The van der Waals surface area contributed by atoms with Crippen molar-refractivity contribution in [3.05, 3.63) is 17.5 Å². The van der Waals surface area contributed by atoms with Crippen molar-refractivity contribution in [1.82, 2.24) is 14.8 Å². The van der Waals surface area contributed by atoms with Gasteiger partial charge in [0.25, 0.3) is 0 Å². The largest absolute Gasteiger partial charge is 0.478 e. The summed E-state index contributed by atoms with van der Waals surface area (Å²) in [4.78, 5) is 15.3. The van der Waals surface area contributed by atoms with Gasteiger partial charge in [-0.25, -0.2) is 14.5 Å². The summed E-state index contributed by atoms with van der Waals surface area (Å²) in [5.41, 5.74) is 6.44. The highest BCUT2D eigenvalue weighted by atomic mass is 19.4. The highest BCUT2D eigenvalue weighted by molar-refractivity contribution is 6.03. The summed E-state index contributed by atoms with van der Waals surface area (Å²) in [6, 6.07) is 0. The molecule has 9 heteroatoms. The number of halogens is 3. The molecular weight excluding hydrogens is 301 g/mol. The molecule has 0 bridgehead atoms. The Labute approximate surface area is 123 Å². The van der Waals surface area contributed by atoms with Crippen LogP contribution in [-0.2, 0) is 6.54 Å². The number of pyridine rings is 1. The average Bonchev–Trinajstić information content (AvgIpc) is 2.76. The normalized spacial score (nSPS) is 12.0. The zero-order chi connectivity index (χ0) is 16.5. The topological polar surface area (TPSA) is 94.0 Å². The number of nitrogens with zero attached hydrogens (tertiary/aromatic N) is 3. The number of rotatable bonds is 5. The van der Waals surface area contributed by atoms with Gasteiger partial charge in [-0.2, -0.15) is 18.3 Å². The van der Waals surface area contributed by atoms with Crippen LogP contribution in [0.15, 0.2) is 6.20 Å². The van der Waals surface area contributed by atoms with Gasteiger partial charge in [-0.15, -0.1) is 0 Å². The number of nitrogens with two attached hydrogens (primary N) is 1. The predicted octanol–water partition coefficient (Wildman–Crippen LogP) is 2.75. The van der Waals surface area contributed by atoms with Crippen LogP contribution < -0.4 is 5.73 Å². The fraction of sp³-hybridized carbons (Fsp3) is 0.462. The van der Waals surface area contributed by atoms with Crippen LogP contribution in [-0.4, -0.2) is 32.0 Å². The van der Waals surface area contributed by atoms with E-state index in [2.05, 4.69) is 10.1 Å². The molecule has 0 aliphatic heterocycles. The SMILES string of the molecule is Cc1nc2c(cnn2CCCCC(F)(F)F)c(N)c1C(=O)O. The number of anilines is 1. The molecule has 0 fully saturated rings. The summed E-state index contributed by atoms with van der Waals surface area (Å²) in [7, 11) is 0. The van der Waals surface area contributed by atoms with Crippen LogP contribution in [0.2, 0.25) is 0 Å². The van der Waals surface area contributed by atoms with E-state index in [0.29, 0.717) is 11.0 Å². The van der Waals surface area contributed by atoms with Gasteiger partial charge in [0.05, 0.1) is 23.0 Å². The molecule has 22 heavy (non-hydrogen) atoms. The zero-order valence-corrected chi connectivity index (χ0v) is 11.8. The first-order chi connectivity index (χ1) is 10.2. The average molecular weight is 316 g/mol. The highest BCUT2D eigenvalue weighted by Crippen LogP contribution is 2.26. The van der Waals surface area contributed by atoms with E-state index in [1.807, 2.05) is 0 Å². The van der Waals surface area contributed by atoms with Gasteiger partial charge in [0.1, 0.15) is 5.56 Å². The maximum absolute atomic E-state index is 12.1. The van der Waals surface area contributed by atoms with Gasteiger partial charge in [0.15, 0.2) is 5.65 Å². The van der Waals surface area contributed by atoms with Gasteiger partial charge in [-0.3, -0.25) is 0 Å². The van der Waals surface area contributed by atoms with E-state index < -0.39 is 18.6 Å². The molecule has 0 aliphatic carbocycles. The number of carbonyl (C=O) groups is 1. The van der Waals surface area contributed by atoms with Crippen molar-refractivity contribution in [2.45, 2.75) is 38.9 Å². The molecule has 2 heterocycles. The molecule has 0 saturated heterocycles.